The molecule has 7 heteroatoms. The van der Waals surface area contributed by atoms with E-state index in [1.54, 1.807) is 0 Å². The molecule has 1 aromatic heterocycles. The zero-order chi connectivity index (χ0) is 14.4. The lowest BCUT2D eigenvalue weighted by Crippen LogP contribution is -2.25. The average Bonchev–Trinajstić information content (AvgIpc) is 2.84. The van der Waals surface area contributed by atoms with Crippen LogP contribution in [0.3, 0.4) is 0 Å². The van der Waals surface area contributed by atoms with Crippen molar-refractivity contribution in [3.8, 4) is 0 Å². The van der Waals surface area contributed by atoms with E-state index in [0.717, 1.165) is 25.0 Å². The van der Waals surface area contributed by atoms with E-state index in [2.05, 4.69) is 26.9 Å². The minimum Gasteiger partial charge on any atom is -0.250 e. The van der Waals surface area contributed by atoms with Crippen LogP contribution in [0.5, 0.6) is 0 Å². The van der Waals surface area contributed by atoms with E-state index in [4.69, 9.17) is 0 Å². The van der Waals surface area contributed by atoms with Crippen LogP contribution in [0.15, 0.2) is 36.7 Å². The van der Waals surface area contributed by atoms with Gasteiger partial charge in [-0.15, -0.1) is 0 Å². The van der Waals surface area contributed by atoms with Gasteiger partial charge in [-0.2, -0.15) is 5.10 Å². The minimum atomic E-state index is -3.15. The Hall–Kier alpha value is -1.73. The minimum absolute atomic E-state index is 0.336. The van der Waals surface area contributed by atoms with Gasteiger partial charge >= 0.3 is 0 Å². The molecule has 20 heavy (non-hydrogen) atoms. The van der Waals surface area contributed by atoms with Crippen molar-refractivity contribution in [3.63, 3.8) is 0 Å². The van der Waals surface area contributed by atoms with Gasteiger partial charge in [0.2, 0.25) is 10.0 Å². The Morgan fingerprint density at radius 1 is 1.20 bits per heavy atom. The lowest BCUT2D eigenvalue weighted by molar-refractivity contribution is 0.566. The molecule has 0 aliphatic heterocycles. The normalized spacial score (nSPS) is 11.7. The summed E-state index contributed by atoms with van der Waals surface area (Å²) in [4.78, 5) is 4.17. The maximum atomic E-state index is 11.0. The van der Waals surface area contributed by atoms with Crippen LogP contribution in [-0.2, 0) is 29.4 Å². The summed E-state index contributed by atoms with van der Waals surface area (Å²) in [6, 6.07) is 10.1. The standard InChI is InChI=1S/C13H18N4O2S/c1-20(18,19)16-9-7-13-14-11-15-17(13)10-8-12-5-3-2-4-6-12/h2-6,11,16H,7-10H2,1H3. The molecule has 6 nitrogen and oxygen atoms in total. The summed E-state index contributed by atoms with van der Waals surface area (Å²) in [5, 5.41) is 4.17. The molecule has 0 fully saturated rings. The third-order valence-corrected chi connectivity index (χ3v) is 3.59. The quantitative estimate of drug-likeness (QED) is 0.812. The zero-order valence-corrected chi connectivity index (χ0v) is 12.2. The number of rotatable bonds is 7. The first-order valence-electron chi connectivity index (χ1n) is 6.40. The Kier molecular flexibility index (Phi) is 4.86. The summed E-state index contributed by atoms with van der Waals surface area (Å²) >= 11 is 0. The third kappa shape index (κ3) is 4.75. The van der Waals surface area contributed by atoms with Crippen LogP contribution in [0.2, 0.25) is 0 Å². The molecular formula is C13H18N4O2S. The average molecular weight is 294 g/mol. The SMILES string of the molecule is CS(=O)(=O)NCCc1ncnn1CCc1ccccc1. The highest BCUT2D eigenvalue weighted by molar-refractivity contribution is 7.88. The molecule has 0 aliphatic carbocycles. The zero-order valence-electron chi connectivity index (χ0n) is 11.4. The first kappa shape index (κ1) is 14.7. The second kappa shape index (κ2) is 6.62. The number of aryl methyl sites for hydroxylation is 2. The molecule has 0 spiro atoms. The molecular weight excluding hydrogens is 276 g/mol. The predicted octanol–water partition coefficient (Wildman–Crippen LogP) is 0.613. The van der Waals surface area contributed by atoms with E-state index >= 15 is 0 Å². The molecule has 0 saturated carbocycles. The van der Waals surface area contributed by atoms with E-state index in [9.17, 15) is 8.42 Å². The van der Waals surface area contributed by atoms with Crippen molar-refractivity contribution in [2.75, 3.05) is 12.8 Å². The molecule has 0 amide bonds. The summed E-state index contributed by atoms with van der Waals surface area (Å²) in [6.07, 6.45) is 4.05. The van der Waals surface area contributed by atoms with Crippen LogP contribution in [0.4, 0.5) is 0 Å². The largest absolute Gasteiger partial charge is 0.250 e. The highest BCUT2D eigenvalue weighted by Gasteiger charge is 2.06. The van der Waals surface area contributed by atoms with Crippen molar-refractivity contribution >= 4 is 10.0 Å². The van der Waals surface area contributed by atoms with Crippen molar-refractivity contribution in [1.82, 2.24) is 19.5 Å². The Morgan fingerprint density at radius 3 is 2.65 bits per heavy atom. The number of aromatic nitrogens is 3. The maximum absolute atomic E-state index is 11.0. The Labute approximate surface area is 118 Å². The fraction of sp³-hybridized carbons (Fsp3) is 0.385. The second-order valence-corrected chi connectivity index (χ2v) is 6.38. The van der Waals surface area contributed by atoms with Crippen LogP contribution in [0.25, 0.3) is 0 Å². The van der Waals surface area contributed by atoms with Crippen LogP contribution in [0, 0.1) is 0 Å². The van der Waals surface area contributed by atoms with Gasteiger partial charge in [-0.3, -0.25) is 0 Å². The second-order valence-electron chi connectivity index (χ2n) is 4.55. The number of nitrogens with zero attached hydrogens (tertiary/aromatic N) is 3. The summed E-state index contributed by atoms with van der Waals surface area (Å²) in [5.41, 5.74) is 1.24. The van der Waals surface area contributed by atoms with Crippen molar-refractivity contribution in [2.24, 2.45) is 0 Å². The first-order chi connectivity index (χ1) is 9.54. The molecule has 1 heterocycles. The molecule has 0 atom stereocenters. The Balaban J connectivity index is 1.88. The van der Waals surface area contributed by atoms with Crippen LogP contribution in [-0.4, -0.2) is 36.0 Å². The van der Waals surface area contributed by atoms with E-state index in [-0.39, 0.29) is 0 Å². The molecule has 1 N–H and O–H groups in total. The highest BCUT2D eigenvalue weighted by atomic mass is 32.2. The van der Waals surface area contributed by atoms with Gasteiger partial charge in [0.15, 0.2) is 0 Å². The molecule has 2 rings (SSSR count). The van der Waals surface area contributed by atoms with Gasteiger partial charge in [-0.25, -0.2) is 22.8 Å². The summed E-state index contributed by atoms with van der Waals surface area (Å²) in [7, 11) is -3.15. The first-order valence-corrected chi connectivity index (χ1v) is 8.29. The summed E-state index contributed by atoms with van der Waals surface area (Å²) in [6.45, 7) is 1.07. The number of benzene rings is 1. The smallest absolute Gasteiger partial charge is 0.208 e. The number of hydrogen-bond acceptors (Lipinski definition) is 4. The lowest BCUT2D eigenvalue weighted by Gasteiger charge is -2.06. The van der Waals surface area contributed by atoms with E-state index in [1.165, 1.54) is 11.9 Å². The maximum Gasteiger partial charge on any atom is 0.208 e. The van der Waals surface area contributed by atoms with E-state index in [1.807, 2.05) is 22.9 Å². The molecule has 0 unspecified atom stereocenters. The van der Waals surface area contributed by atoms with Crippen molar-refractivity contribution in [2.45, 2.75) is 19.4 Å². The molecule has 2 aromatic rings. The molecule has 0 bridgehead atoms. The van der Waals surface area contributed by atoms with Gasteiger partial charge < -0.3 is 0 Å². The topological polar surface area (TPSA) is 76.9 Å². The number of hydrogen-bond donors (Lipinski definition) is 1. The lowest BCUT2D eigenvalue weighted by atomic mass is 10.1. The fourth-order valence-corrected chi connectivity index (χ4v) is 2.37. The molecule has 0 radical (unpaired) electrons. The van der Waals surface area contributed by atoms with E-state index < -0.39 is 10.0 Å². The van der Waals surface area contributed by atoms with Gasteiger partial charge in [0.05, 0.1) is 6.26 Å². The Bertz CT molecular complexity index is 637. The van der Waals surface area contributed by atoms with Crippen LogP contribution >= 0.6 is 0 Å². The molecule has 0 aliphatic rings. The van der Waals surface area contributed by atoms with Crippen LogP contribution in [0.1, 0.15) is 11.4 Å². The van der Waals surface area contributed by atoms with Crippen LogP contribution < -0.4 is 4.72 Å². The van der Waals surface area contributed by atoms with Crippen molar-refractivity contribution < 1.29 is 8.42 Å². The predicted molar refractivity (Wildman–Crippen MR) is 76.7 cm³/mol. The van der Waals surface area contributed by atoms with Gasteiger partial charge in [0.1, 0.15) is 12.2 Å². The van der Waals surface area contributed by atoms with Gasteiger partial charge in [0, 0.05) is 19.5 Å². The van der Waals surface area contributed by atoms with Crippen molar-refractivity contribution in [3.05, 3.63) is 48.0 Å². The number of nitrogens with one attached hydrogen (secondary N) is 1. The van der Waals surface area contributed by atoms with Gasteiger partial charge in [-0.1, -0.05) is 30.3 Å². The summed E-state index contributed by atoms with van der Waals surface area (Å²) in [5.74, 6) is 0.789. The van der Waals surface area contributed by atoms with Gasteiger partial charge in [-0.05, 0) is 12.0 Å². The Morgan fingerprint density at radius 2 is 1.95 bits per heavy atom. The monoisotopic (exact) mass is 294 g/mol. The molecule has 108 valence electrons. The van der Waals surface area contributed by atoms with Gasteiger partial charge in [0.25, 0.3) is 0 Å². The third-order valence-electron chi connectivity index (χ3n) is 2.86. The molecule has 1 aromatic carbocycles. The molecule has 0 saturated heterocycles. The van der Waals surface area contributed by atoms with Crippen molar-refractivity contribution in [1.29, 1.82) is 0 Å². The number of sulfonamides is 1. The fourth-order valence-electron chi connectivity index (χ4n) is 1.90. The van der Waals surface area contributed by atoms with E-state index in [0.29, 0.717) is 13.0 Å². The summed E-state index contributed by atoms with van der Waals surface area (Å²) < 4.78 is 26.3. The highest BCUT2D eigenvalue weighted by Crippen LogP contribution is 2.03.